The van der Waals surface area contributed by atoms with Crippen molar-refractivity contribution in [1.29, 1.82) is 0 Å². The summed E-state index contributed by atoms with van der Waals surface area (Å²) in [4.78, 5) is 40.0. The van der Waals surface area contributed by atoms with Gasteiger partial charge in [-0.15, -0.1) is 0 Å². The summed E-state index contributed by atoms with van der Waals surface area (Å²) in [5.74, 6) is -0.960. The van der Waals surface area contributed by atoms with Gasteiger partial charge in [0.1, 0.15) is 45.9 Å². The number of hydrogen-bond donors (Lipinski definition) is 1. The Balaban J connectivity index is 1.43. The zero-order valence-corrected chi connectivity index (χ0v) is 27.4. The molecule has 1 aromatic carbocycles. The van der Waals surface area contributed by atoms with Crippen LogP contribution in [0, 0.1) is 5.82 Å². The molecule has 1 unspecified atom stereocenters. The highest BCUT2D eigenvalue weighted by atomic mass is 35.5. The fourth-order valence-corrected chi connectivity index (χ4v) is 6.94. The van der Waals surface area contributed by atoms with Gasteiger partial charge in [0.05, 0.1) is 30.9 Å². The molecule has 4 aliphatic rings. The molecule has 0 saturated carbocycles. The number of rotatable bonds is 4. The summed E-state index contributed by atoms with van der Waals surface area (Å²) < 4.78 is 32.6. The predicted octanol–water partition coefficient (Wildman–Crippen LogP) is 4.39. The molecule has 3 fully saturated rings. The van der Waals surface area contributed by atoms with Gasteiger partial charge < -0.3 is 34.0 Å². The number of nitrogens with zero attached hydrogens (tertiary/aromatic N) is 5. The quantitative estimate of drug-likeness (QED) is 0.518. The van der Waals surface area contributed by atoms with Crippen LogP contribution in [-0.4, -0.2) is 119 Å². The first-order valence-electron chi connectivity index (χ1n) is 15.4. The van der Waals surface area contributed by atoms with Crippen LogP contribution in [0.3, 0.4) is 0 Å². The van der Waals surface area contributed by atoms with E-state index in [0.29, 0.717) is 31.6 Å². The molecule has 0 bridgehead atoms. The minimum Gasteiger partial charge on any atom is -0.507 e. The van der Waals surface area contributed by atoms with Crippen molar-refractivity contribution in [3.8, 4) is 22.8 Å². The van der Waals surface area contributed by atoms with Crippen molar-refractivity contribution >= 4 is 29.4 Å². The molecule has 4 aliphatic heterocycles. The number of ether oxygens (including phenoxy) is 3. The Hall–Kier alpha value is -3.35. The van der Waals surface area contributed by atoms with E-state index in [1.807, 2.05) is 0 Å². The average molecular weight is 646 g/mol. The summed E-state index contributed by atoms with van der Waals surface area (Å²) in [6.07, 6.45) is 0.325. The third-order valence-electron chi connectivity index (χ3n) is 9.22. The van der Waals surface area contributed by atoms with Gasteiger partial charge in [0, 0.05) is 37.8 Å². The highest BCUT2D eigenvalue weighted by Crippen LogP contribution is 2.48. The van der Waals surface area contributed by atoms with Crippen LogP contribution in [0.15, 0.2) is 18.2 Å². The second-order valence-electron chi connectivity index (χ2n) is 14.0. The summed E-state index contributed by atoms with van der Waals surface area (Å²) in [7, 11) is 2.08. The predicted molar refractivity (Wildman–Crippen MR) is 167 cm³/mol. The van der Waals surface area contributed by atoms with E-state index >= 15 is 4.39 Å². The van der Waals surface area contributed by atoms with Gasteiger partial charge in [-0.3, -0.25) is 9.69 Å². The summed E-state index contributed by atoms with van der Waals surface area (Å²) >= 11 is 6.93. The Morgan fingerprint density at radius 3 is 2.53 bits per heavy atom. The van der Waals surface area contributed by atoms with Crippen LogP contribution in [0.1, 0.15) is 51.4 Å². The molecule has 11 nitrogen and oxygen atoms in total. The van der Waals surface area contributed by atoms with Crippen molar-refractivity contribution in [2.45, 2.75) is 70.3 Å². The molecule has 0 aliphatic carbocycles. The van der Waals surface area contributed by atoms with Crippen molar-refractivity contribution in [2.75, 3.05) is 57.9 Å². The number of likely N-dealkylation sites (N-methyl/N-ethyl adjacent to an activating group) is 1. The van der Waals surface area contributed by atoms with Crippen molar-refractivity contribution < 1.29 is 33.3 Å². The summed E-state index contributed by atoms with van der Waals surface area (Å²) in [6.45, 7) is 12.3. The average Bonchev–Trinajstić information content (AvgIpc) is 3.16. The number of carbonyl (C=O) groups is 2. The van der Waals surface area contributed by atoms with E-state index in [-0.39, 0.29) is 71.5 Å². The molecular weight excluding hydrogens is 605 g/mol. The molecule has 2 amide bonds. The molecule has 3 saturated heterocycles. The third-order valence-corrected chi connectivity index (χ3v) is 9.57. The van der Waals surface area contributed by atoms with Gasteiger partial charge in [-0.25, -0.2) is 14.2 Å². The number of aromatic hydroxyl groups is 1. The number of hydrogen-bond acceptors (Lipinski definition) is 9. The second-order valence-corrected chi connectivity index (χ2v) is 14.3. The van der Waals surface area contributed by atoms with Gasteiger partial charge in [0.15, 0.2) is 5.75 Å². The van der Waals surface area contributed by atoms with Crippen molar-refractivity contribution in [3.63, 3.8) is 0 Å². The minimum atomic E-state index is -0.705. The van der Waals surface area contributed by atoms with E-state index in [1.165, 1.54) is 18.2 Å². The van der Waals surface area contributed by atoms with E-state index in [4.69, 9.17) is 30.8 Å². The van der Waals surface area contributed by atoms with E-state index in [1.54, 1.807) is 30.6 Å². The van der Waals surface area contributed by atoms with Gasteiger partial charge in [0.25, 0.3) is 5.91 Å². The largest absolute Gasteiger partial charge is 0.507 e. The topological polar surface area (TPSA) is 108 Å². The van der Waals surface area contributed by atoms with Crippen LogP contribution in [0.2, 0.25) is 5.02 Å². The highest BCUT2D eigenvalue weighted by molar-refractivity contribution is 6.35. The van der Waals surface area contributed by atoms with E-state index in [2.05, 4.69) is 30.7 Å². The zero-order valence-electron chi connectivity index (χ0n) is 26.6. The lowest BCUT2D eigenvalue weighted by Gasteiger charge is -2.40. The van der Waals surface area contributed by atoms with Gasteiger partial charge in [-0.1, -0.05) is 17.7 Å². The van der Waals surface area contributed by atoms with Gasteiger partial charge >= 0.3 is 6.09 Å². The Kier molecular flexibility index (Phi) is 8.06. The molecule has 0 radical (unpaired) electrons. The van der Waals surface area contributed by atoms with Crippen LogP contribution in [0.5, 0.6) is 11.5 Å². The number of aromatic nitrogens is 1. The fraction of sp³-hybridized carbons (Fsp3) is 0.594. The first-order chi connectivity index (χ1) is 21.2. The molecule has 2 atom stereocenters. The lowest BCUT2D eigenvalue weighted by atomic mass is 9.98. The Morgan fingerprint density at radius 1 is 1.16 bits per heavy atom. The second kappa shape index (κ2) is 11.5. The van der Waals surface area contributed by atoms with Gasteiger partial charge in [-0.05, 0) is 60.2 Å². The third kappa shape index (κ3) is 5.76. The number of fused-ring (bicyclic) bond motifs is 2. The first kappa shape index (κ1) is 31.6. The van der Waals surface area contributed by atoms with Crippen molar-refractivity contribution in [3.05, 3.63) is 34.6 Å². The summed E-state index contributed by atoms with van der Waals surface area (Å²) in [5, 5.41) is 10.7. The lowest BCUT2D eigenvalue weighted by Crippen LogP contribution is -2.58. The Bertz CT molecular complexity index is 1490. The van der Waals surface area contributed by atoms with E-state index in [9.17, 15) is 14.7 Å². The fourth-order valence-electron chi connectivity index (χ4n) is 6.66. The molecule has 13 heteroatoms. The van der Waals surface area contributed by atoms with Gasteiger partial charge in [0.2, 0.25) is 0 Å². The summed E-state index contributed by atoms with van der Waals surface area (Å²) in [6, 6.07) is 3.95. The number of benzene rings is 1. The molecule has 1 aromatic heterocycles. The molecule has 0 spiro atoms. The number of amides is 2. The van der Waals surface area contributed by atoms with Crippen LogP contribution in [-0.2, 0) is 9.47 Å². The Labute approximate surface area is 267 Å². The van der Waals surface area contributed by atoms with Gasteiger partial charge in [-0.2, -0.15) is 0 Å². The zero-order chi connectivity index (χ0) is 32.4. The normalized spacial score (nSPS) is 23.3. The van der Waals surface area contributed by atoms with E-state index in [0.717, 1.165) is 6.42 Å². The molecule has 2 aromatic rings. The number of carbonyl (C=O) groups excluding carboxylic acids is 2. The maximum absolute atomic E-state index is 15.3. The molecule has 45 heavy (non-hydrogen) atoms. The number of piperazine rings is 1. The monoisotopic (exact) mass is 645 g/mol. The molecule has 244 valence electrons. The van der Waals surface area contributed by atoms with Crippen molar-refractivity contribution in [2.24, 2.45) is 0 Å². The number of phenols is 1. The first-order valence-corrected chi connectivity index (χ1v) is 15.7. The maximum atomic E-state index is 15.3. The SMILES string of the molecule is CN(C1COC1)C1CN(c2nc(-c3c(O)cccc3F)c(Cl)c3c2C(=O)N2CCN(C(=O)OC(C)(C)C)C[C@@H]2CO3)C(C)(C)C1. The molecule has 1 N–H and O–H groups in total. The minimum absolute atomic E-state index is 0.0101. The maximum Gasteiger partial charge on any atom is 0.410 e. The smallest absolute Gasteiger partial charge is 0.410 e. The van der Waals surface area contributed by atoms with Crippen LogP contribution < -0.4 is 9.64 Å². The van der Waals surface area contributed by atoms with Crippen LogP contribution in [0.4, 0.5) is 15.0 Å². The lowest BCUT2D eigenvalue weighted by molar-refractivity contribution is -0.0673. The number of halogens is 2. The number of pyridine rings is 1. The molecular formula is C32H41ClFN5O6. The molecule has 5 heterocycles. The van der Waals surface area contributed by atoms with Crippen molar-refractivity contribution in [1.82, 2.24) is 19.7 Å². The van der Waals surface area contributed by atoms with Crippen LogP contribution >= 0.6 is 11.6 Å². The number of phenolic OH excluding ortho intramolecular Hbond substituents is 1. The summed E-state index contributed by atoms with van der Waals surface area (Å²) in [5.41, 5.74) is -1.10. The van der Waals surface area contributed by atoms with Crippen LogP contribution in [0.25, 0.3) is 11.3 Å². The molecule has 6 rings (SSSR count). The standard InChI is InChI=1S/C32H41ClFN5O6/c1-31(2,3)45-30(42)37-10-11-38-19(13-37)17-44-27-24(29(38)41)28(35-26(25(27)33)23-21(34)8-7-9-22(23)40)39-14-18(12-32(39,4)5)36(6)20-15-43-16-20/h7-9,18-20,40H,10-17H2,1-6H3/t18?,19-/m1/s1. The highest BCUT2D eigenvalue weighted by Gasteiger charge is 2.47. The Morgan fingerprint density at radius 2 is 1.89 bits per heavy atom. The number of anilines is 1. The van der Waals surface area contributed by atoms with E-state index < -0.39 is 29.1 Å².